The molecule has 2 aliphatic heterocycles. The molecule has 2 rings (SSSR count). The molecule has 5 heteroatoms. The van der Waals surface area contributed by atoms with Crippen LogP contribution in [0.15, 0.2) is 23.8 Å². The summed E-state index contributed by atoms with van der Waals surface area (Å²) in [5.41, 5.74) is 0.224. The molecule has 5 nitrogen and oxygen atoms in total. The smallest absolute Gasteiger partial charge is 0.336 e. The maximum Gasteiger partial charge on any atom is 0.336 e. The Bertz CT molecular complexity index is 405. The highest BCUT2D eigenvalue weighted by atomic mass is 16.6. The molecule has 2 saturated heterocycles. The summed E-state index contributed by atoms with van der Waals surface area (Å²) in [5.74, 6) is -0.899. The molecule has 0 aromatic rings. The number of hydrogen-bond acceptors (Lipinski definition) is 5. The van der Waals surface area contributed by atoms with Crippen LogP contribution in [0.3, 0.4) is 0 Å². The van der Waals surface area contributed by atoms with Crippen LogP contribution < -0.4 is 0 Å². The third-order valence-electron chi connectivity index (χ3n) is 2.90. The fraction of sp³-hybridized carbons (Fsp3) is 0.500. The number of aliphatic hydroxyl groups excluding tert-OH is 1. The molecule has 0 spiro atoms. The van der Waals surface area contributed by atoms with E-state index in [9.17, 15) is 9.59 Å². The SMILES string of the molecule is C=C1CC(C)(C/C=C2\CC(O)OC2=O)OC1=O. The van der Waals surface area contributed by atoms with Crippen LogP contribution in [-0.4, -0.2) is 28.9 Å². The monoisotopic (exact) mass is 238 g/mol. The molecule has 2 fully saturated rings. The van der Waals surface area contributed by atoms with Gasteiger partial charge in [0.25, 0.3) is 0 Å². The molecular weight excluding hydrogens is 224 g/mol. The van der Waals surface area contributed by atoms with E-state index < -0.39 is 17.9 Å². The predicted octanol–water partition coefficient (Wildman–Crippen LogP) is 0.830. The zero-order chi connectivity index (χ0) is 12.6. The number of aliphatic hydroxyl groups is 1. The van der Waals surface area contributed by atoms with Crippen LogP contribution in [-0.2, 0) is 19.1 Å². The average molecular weight is 238 g/mol. The number of esters is 2. The van der Waals surface area contributed by atoms with Gasteiger partial charge in [0.15, 0.2) is 0 Å². The molecule has 2 unspecified atom stereocenters. The fourth-order valence-corrected chi connectivity index (χ4v) is 1.99. The van der Waals surface area contributed by atoms with Gasteiger partial charge in [-0.1, -0.05) is 12.7 Å². The first-order valence-corrected chi connectivity index (χ1v) is 5.39. The van der Waals surface area contributed by atoms with Gasteiger partial charge in [0, 0.05) is 30.4 Å². The van der Waals surface area contributed by atoms with Crippen molar-refractivity contribution in [3.8, 4) is 0 Å². The molecule has 0 aliphatic carbocycles. The molecule has 0 saturated carbocycles. The van der Waals surface area contributed by atoms with Crippen LogP contribution in [0.1, 0.15) is 26.2 Å². The minimum atomic E-state index is -1.05. The third kappa shape index (κ3) is 2.39. The van der Waals surface area contributed by atoms with Crippen LogP contribution in [0.4, 0.5) is 0 Å². The van der Waals surface area contributed by atoms with Crippen molar-refractivity contribution in [3.05, 3.63) is 23.8 Å². The molecule has 0 radical (unpaired) electrons. The van der Waals surface area contributed by atoms with E-state index in [1.807, 2.05) is 0 Å². The van der Waals surface area contributed by atoms with Crippen molar-refractivity contribution in [2.24, 2.45) is 0 Å². The maximum atomic E-state index is 11.2. The van der Waals surface area contributed by atoms with E-state index in [-0.39, 0.29) is 12.4 Å². The largest absolute Gasteiger partial charge is 0.455 e. The summed E-state index contributed by atoms with van der Waals surface area (Å²) in [6.07, 6.45) is 1.65. The quantitative estimate of drug-likeness (QED) is 0.569. The van der Waals surface area contributed by atoms with Crippen molar-refractivity contribution >= 4 is 11.9 Å². The van der Waals surface area contributed by atoms with E-state index in [4.69, 9.17) is 9.84 Å². The molecule has 1 N–H and O–H groups in total. The molecule has 0 aromatic heterocycles. The van der Waals surface area contributed by atoms with E-state index >= 15 is 0 Å². The highest BCUT2D eigenvalue weighted by Gasteiger charge is 2.38. The fourth-order valence-electron chi connectivity index (χ4n) is 1.99. The standard InChI is InChI=1S/C12H14O5/c1-7-6-12(2,17-10(7)14)4-3-8-5-9(13)16-11(8)15/h3,9,13H,1,4-6H2,2H3/b8-3+. The van der Waals surface area contributed by atoms with Gasteiger partial charge in [-0.3, -0.25) is 0 Å². The first kappa shape index (κ1) is 11.9. The lowest BCUT2D eigenvalue weighted by Crippen LogP contribution is -2.22. The molecule has 2 heterocycles. The van der Waals surface area contributed by atoms with Crippen LogP contribution in [0, 0.1) is 0 Å². The molecular formula is C12H14O5. The second-order valence-electron chi connectivity index (χ2n) is 4.62. The van der Waals surface area contributed by atoms with Gasteiger partial charge in [-0.05, 0) is 6.92 Å². The molecule has 0 amide bonds. The number of ether oxygens (including phenoxy) is 2. The van der Waals surface area contributed by atoms with Crippen LogP contribution in [0.2, 0.25) is 0 Å². The Labute approximate surface area is 98.7 Å². The van der Waals surface area contributed by atoms with Crippen molar-refractivity contribution in [1.29, 1.82) is 0 Å². The first-order valence-electron chi connectivity index (χ1n) is 5.39. The first-order chi connectivity index (χ1) is 7.89. The Hall–Kier alpha value is -1.62. The van der Waals surface area contributed by atoms with Gasteiger partial charge in [0.2, 0.25) is 6.29 Å². The Morgan fingerprint density at radius 2 is 2.24 bits per heavy atom. The normalized spacial score (nSPS) is 35.3. The van der Waals surface area contributed by atoms with E-state index in [0.29, 0.717) is 24.0 Å². The Morgan fingerprint density at radius 3 is 2.71 bits per heavy atom. The summed E-state index contributed by atoms with van der Waals surface area (Å²) >= 11 is 0. The van der Waals surface area contributed by atoms with Gasteiger partial charge in [-0.2, -0.15) is 0 Å². The molecule has 17 heavy (non-hydrogen) atoms. The summed E-state index contributed by atoms with van der Waals surface area (Å²) in [6, 6.07) is 0. The number of carbonyl (C=O) groups is 2. The van der Waals surface area contributed by atoms with Crippen LogP contribution in [0.5, 0.6) is 0 Å². The predicted molar refractivity (Wildman–Crippen MR) is 57.7 cm³/mol. The number of cyclic esters (lactones) is 2. The average Bonchev–Trinajstić information content (AvgIpc) is 2.66. The zero-order valence-electron chi connectivity index (χ0n) is 9.56. The van der Waals surface area contributed by atoms with Crippen molar-refractivity contribution in [2.45, 2.75) is 38.1 Å². The number of carbonyl (C=O) groups excluding carboxylic acids is 2. The van der Waals surface area contributed by atoms with Crippen molar-refractivity contribution in [3.63, 3.8) is 0 Å². The second-order valence-corrected chi connectivity index (χ2v) is 4.62. The molecule has 0 bridgehead atoms. The van der Waals surface area contributed by atoms with Gasteiger partial charge in [-0.25, -0.2) is 9.59 Å². The van der Waals surface area contributed by atoms with Crippen molar-refractivity contribution in [1.82, 2.24) is 0 Å². The van der Waals surface area contributed by atoms with E-state index in [1.165, 1.54) is 0 Å². The Morgan fingerprint density at radius 1 is 1.53 bits per heavy atom. The number of rotatable bonds is 2. The molecule has 92 valence electrons. The summed E-state index contributed by atoms with van der Waals surface area (Å²) in [5, 5.41) is 9.13. The topological polar surface area (TPSA) is 72.8 Å². The summed E-state index contributed by atoms with van der Waals surface area (Å²) in [6.45, 7) is 5.40. The Balaban J connectivity index is 2.03. The lowest BCUT2D eigenvalue weighted by atomic mass is 9.95. The van der Waals surface area contributed by atoms with Gasteiger partial charge >= 0.3 is 11.9 Å². The van der Waals surface area contributed by atoms with E-state index in [1.54, 1.807) is 13.0 Å². The Kier molecular flexibility index (Phi) is 2.79. The minimum Gasteiger partial charge on any atom is -0.455 e. The lowest BCUT2D eigenvalue weighted by Gasteiger charge is -2.19. The summed E-state index contributed by atoms with van der Waals surface area (Å²) < 4.78 is 9.77. The highest BCUT2D eigenvalue weighted by Crippen LogP contribution is 2.33. The molecule has 0 aromatic carbocycles. The van der Waals surface area contributed by atoms with Crippen molar-refractivity contribution in [2.75, 3.05) is 0 Å². The second kappa shape index (κ2) is 4.00. The van der Waals surface area contributed by atoms with Gasteiger partial charge in [0.1, 0.15) is 5.60 Å². The maximum absolute atomic E-state index is 11.2. The summed E-state index contributed by atoms with van der Waals surface area (Å²) in [7, 11) is 0. The van der Waals surface area contributed by atoms with Gasteiger partial charge in [-0.15, -0.1) is 0 Å². The van der Waals surface area contributed by atoms with Crippen LogP contribution >= 0.6 is 0 Å². The minimum absolute atomic E-state index is 0.184. The van der Waals surface area contributed by atoms with Gasteiger partial charge < -0.3 is 14.6 Å². The van der Waals surface area contributed by atoms with E-state index in [0.717, 1.165) is 0 Å². The lowest BCUT2D eigenvalue weighted by molar-refractivity contribution is -0.152. The van der Waals surface area contributed by atoms with E-state index in [2.05, 4.69) is 11.3 Å². The van der Waals surface area contributed by atoms with Crippen LogP contribution in [0.25, 0.3) is 0 Å². The molecule has 2 aliphatic rings. The third-order valence-corrected chi connectivity index (χ3v) is 2.90. The zero-order valence-corrected chi connectivity index (χ0v) is 9.56. The van der Waals surface area contributed by atoms with Gasteiger partial charge in [0.05, 0.1) is 0 Å². The van der Waals surface area contributed by atoms with Crippen molar-refractivity contribution < 1.29 is 24.2 Å². The summed E-state index contributed by atoms with van der Waals surface area (Å²) in [4.78, 5) is 22.5. The molecule has 2 atom stereocenters. The number of hydrogen-bond donors (Lipinski definition) is 1. The highest BCUT2D eigenvalue weighted by molar-refractivity contribution is 5.91.